The van der Waals surface area contributed by atoms with Crippen LogP contribution >= 0.6 is 0 Å². The maximum Gasteiger partial charge on any atom is 0.279 e. The number of nitrogens with one attached hydrogen (secondary N) is 3. The molecular weight excluding hydrogens is 428 g/mol. The van der Waals surface area contributed by atoms with E-state index in [1.165, 1.54) is 13.0 Å². The number of carbonyl (C=O) groups is 3. The number of aromatic nitrogens is 1. The van der Waals surface area contributed by atoms with Crippen LogP contribution in [0.2, 0.25) is 0 Å². The quantitative estimate of drug-likeness (QED) is 0.424. The summed E-state index contributed by atoms with van der Waals surface area (Å²) in [5.41, 5.74) is 5.27. The molecule has 0 aliphatic carbocycles. The van der Waals surface area contributed by atoms with E-state index in [2.05, 4.69) is 21.3 Å². The molecular formula is C23H24N4O6. The zero-order valence-corrected chi connectivity index (χ0v) is 18.2. The molecule has 10 heteroatoms. The van der Waals surface area contributed by atoms with Gasteiger partial charge in [0, 0.05) is 11.6 Å². The van der Waals surface area contributed by atoms with E-state index in [0.29, 0.717) is 23.9 Å². The van der Waals surface area contributed by atoms with E-state index in [9.17, 15) is 14.4 Å². The SMILES string of the molecule is CCOc1ccc(OC(C)C(=O)NNC(=O)CNC(=O)c2cc(-c3ccccc3)on2)cc1. The molecule has 0 aliphatic rings. The van der Waals surface area contributed by atoms with Crippen LogP contribution in [0, 0.1) is 0 Å². The van der Waals surface area contributed by atoms with Crippen molar-refractivity contribution in [2.45, 2.75) is 20.0 Å². The molecule has 33 heavy (non-hydrogen) atoms. The maximum absolute atomic E-state index is 12.2. The van der Waals surface area contributed by atoms with E-state index in [4.69, 9.17) is 14.0 Å². The molecule has 1 unspecified atom stereocenters. The number of nitrogens with zero attached hydrogens (tertiary/aromatic N) is 1. The lowest BCUT2D eigenvalue weighted by molar-refractivity contribution is -0.132. The van der Waals surface area contributed by atoms with Gasteiger partial charge in [-0.2, -0.15) is 0 Å². The first-order valence-corrected chi connectivity index (χ1v) is 10.2. The Morgan fingerprint density at radius 1 is 1.00 bits per heavy atom. The molecule has 1 aromatic heterocycles. The Morgan fingerprint density at radius 3 is 2.39 bits per heavy atom. The highest BCUT2D eigenvalue weighted by Gasteiger charge is 2.17. The van der Waals surface area contributed by atoms with Crippen molar-refractivity contribution in [3.63, 3.8) is 0 Å². The molecule has 0 fully saturated rings. The van der Waals surface area contributed by atoms with Gasteiger partial charge in [-0.3, -0.25) is 25.2 Å². The number of hydrazine groups is 1. The first-order valence-electron chi connectivity index (χ1n) is 10.2. The summed E-state index contributed by atoms with van der Waals surface area (Å²) in [4.78, 5) is 36.3. The highest BCUT2D eigenvalue weighted by Crippen LogP contribution is 2.20. The summed E-state index contributed by atoms with van der Waals surface area (Å²) < 4.78 is 16.0. The van der Waals surface area contributed by atoms with Crippen molar-refractivity contribution in [1.29, 1.82) is 0 Å². The van der Waals surface area contributed by atoms with Gasteiger partial charge in [0.05, 0.1) is 13.2 Å². The van der Waals surface area contributed by atoms with Crippen LogP contribution in [0.3, 0.4) is 0 Å². The van der Waals surface area contributed by atoms with Gasteiger partial charge in [-0.25, -0.2) is 0 Å². The van der Waals surface area contributed by atoms with Gasteiger partial charge >= 0.3 is 0 Å². The first kappa shape index (κ1) is 23.3. The second kappa shape index (κ2) is 11.3. The van der Waals surface area contributed by atoms with Gasteiger partial charge in [-0.05, 0) is 38.1 Å². The van der Waals surface area contributed by atoms with Gasteiger partial charge < -0.3 is 19.3 Å². The number of hydrogen-bond donors (Lipinski definition) is 3. The van der Waals surface area contributed by atoms with Crippen LogP contribution in [0.4, 0.5) is 0 Å². The fourth-order valence-electron chi connectivity index (χ4n) is 2.69. The molecule has 0 radical (unpaired) electrons. The van der Waals surface area contributed by atoms with E-state index in [-0.39, 0.29) is 12.2 Å². The van der Waals surface area contributed by atoms with Crippen molar-refractivity contribution < 1.29 is 28.4 Å². The zero-order valence-electron chi connectivity index (χ0n) is 18.2. The van der Waals surface area contributed by atoms with E-state index in [0.717, 1.165) is 5.56 Å². The smallest absolute Gasteiger partial charge is 0.279 e. The topological polar surface area (TPSA) is 132 Å². The predicted octanol–water partition coefficient (Wildman–Crippen LogP) is 2.08. The fraction of sp³-hybridized carbons (Fsp3) is 0.217. The molecule has 0 spiro atoms. The molecule has 3 N–H and O–H groups in total. The minimum absolute atomic E-state index is 0.0306. The van der Waals surface area contributed by atoms with E-state index in [1.54, 1.807) is 24.3 Å². The number of carbonyl (C=O) groups excluding carboxylic acids is 3. The van der Waals surface area contributed by atoms with Gasteiger partial charge in [-0.1, -0.05) is 35.5 Å². The fourth-order valence-corrected chi connectivity index (χ4v) is 2.69. The molecule has 2 aromatic carbocycles. The third-order valence-corrected chi connectivity index (χ3v) is 4.35. The molecule has 1 atom stereocenters. The van der Waals surface area contributed by atoms with Gasteiger partial charge in [0.2, 0.25) is 0 Å². The average Bonchev–Trinajstić information content (AvgIpc) is 3.33. The Hall–Kier alpha value is -4.34. The molecule has 3 aromatic rings. The normalized spacial score (nSPS) is 11.2. The monoisotopic (exact) mass is 452 g/mol. The van der Waals surface area contributed by atoms with Crippen LogP contribution in [0.1, 0.15) is 24.3 Å². The van der Waals surface area contributed by atoms with E-state index in [1.807, 2.05) is 37.3 Å². The van der Waals surface area contributed by atoms with E-state index >= 15 is 0 Å². The second-order valence-electron chi connectivity index (χ2n) is 6.83. The Bertz CT molecular complexity index is 1080. The highest BCUT2D eigenvalue weighted by molar-refractivity contribution is 5.95. The molecule has 0 saturated heterocycles. The minimum Gasteiger partial charge on any atom is -0.494 e. The summed E-state index contributed by atoms with van der Waals surface area (Å²) in [5.74, 6) is -0.182. The van der Waals surface area contributed by atoms with E-state index < -0.39 is 23.8 Å². The number of rotatable bonds is 9. The Balaban J connectivity index is 1.40. The number of amides is 3. The highest BCUT2D eigenvalue weighted by atomic mass is 16.5. The second-order valence-corrected chi connectivity index (χ2v) is 6.83. The zero-order chi connectivity index (χ0) is 23.6. The van der Waals surface area contributed by atoms with Crippen LogP contribution in [0.5, 0.6) is 11.5 Å². The summed E-state index contributed by atoms with van der Waals surface area (Å²) in [7, 11) is 0. The van der Waals surface area contributed by atoms with Crippen molar-refractivity contribution in [2.75, 3.05) is 13.2 Å². The average molecular weight is 452 g/mol. The van der Waals surface area contributed by atoms with Crippen molar-refractivity contribution in [3.8, 4) is 22.8 Å². The number of hydrogen-bond acceptors (Lipinski definition) is 7. The van der Waals surface area contributed by atoms with Crippen LogP contribution in [0.15, 0.2) is 65.2 Å². The molecule has 0 aliphatic heterocycles. The summed E-state index contributed by atoms with van der Waals surface area (Å²) in [6, 6.07) is 17.4. The van der Waals surface area contributed by atoms with Gasteiger partial charge in [0.1, 0.15) is 11.5 Å². The molecule has 172 valence electrons. The first-order chi connectivity index (χ1) is 16.0. The standard InChI is InChI=1S/C23H24N4O6/c1-3-31-17-9-11-18(12-10-17)32-15(2)22(29)26-25-21(28)14-24-23(30)19-13-20(33-27-19)16-7-5-4-6-8-16/h4-13,15H,3,14H2,1-2H3,(H,24,30)(H,25,28)(H,26,29). The number of benzene rings is 2. The molecule has 3 amide bonds. The summed E-state index contributed by atoms with van der Waals surface area (Å²) in [5, 5.41) is 6.11. The van der Waals surface area contributed by atoms with Crippen molar-refractivity contribution in [2.24, 2.45) is 0 Å². The lowest BCUT2D eigenvalue weighted by Crippen LogP contribution is -2.50. The lowest BCUT2D eigenvalue weighted by atomic mass is 10.1. The van der Waals surface area contributed by atoms with Crippen molar-refractivity contribution in [1.82, 2.24) is 21.3 Å². The van der Waals surface area contributed by atoms with Crippen LogP contribution in [-0.2, 0) is 9.59 Å². The third-order valence-electron chi connectivity index (χ3n) is 4.35. The minimum atomic E-state index is -0.871. The molecule has 1 heterocycles. The van der Waals surface area contributed by atoms with Crippen LogP contribution in [0.25, 0.3) is 11.3 Å². The third kappa shape index (κ3) is 6.82. The molecule has 0 saturated carbocycles. The number of ether oxygens (including phenoxy) is 2. The Morgan fingerprint density at radius 2 is 1.70 bits per heavy atom. The molecule has 0 bridgehead atoms. The molecule has 3 rings (SSSR count). The van der Waals surface area contributed by atoms with Gasteiger partial charge in [-0.15, -0.1) is 0 Å². The lowest BCUT2D eigenvalue weighted by Gasteiger charge is -2.15. The van der Waals surface area contributed by atoms with Crippen molar-refractivity contribution in [3.05, 3.63) is 66.4 Å². The van der Waals surface area contributed by atoms with Gasteiger partial charge in [0.25, 0.3) is 17.7 Å². The Labute approximate surface area is 190 Å². The maximum atomic E-state index is 12.2. The predicted molar refractivity (Wildman–Crippen MR) is 118 cm³/mol. The summed E-state index contributed by atoms with van der Waals surface area (Å²) in [6.45, 7) is 3.59. The van der Waals surface area contributed by atoms with Gasteiger partial charge in [0.15, 0.2) is 17.6 Å². The largest absolute Gasteiger partial charge is 0.494 e. The van der Waals surface area contributed by atoms with Crippen molar-refractivity contribution >= 4 is 17.7 Å². The molecule has 10 nitrogen and oxygen atoms in total. The summed E-state index contributed by atoms with van der Waals surface area (Å²) >= 11 is 0. The van der Waals surface area contributed by atoms with Crippen LogP contribution < -0.4 is 25.6 Å². The van der Waals surface area contributed by atoms with Crippen LogP contribution in [-0.4, -0.2) is 42.1 Å². The summed E-state index contributed by atoms with van der Waals surface area (Å²) in [6.07, 6.45) is -0.871. The Kier molecular flexibility index (Phi) is 8.01.